The minimum absolute atomic E-state index is 0.103. The Labute approximate surface area is 180 Å². The van der Waals surface area contributed by atoms with Crippen molar-refractivity contribution in [2.24, 2.45) is 7.05 Å². The number of fused-ring (bicyclic) bond motifs is 4. The van der Waals surface area contributed by atoms with Crippen molar-refractivity contribution in [1.82, 2.24) is 14.8 Å². The third-order valence-electron chi connectivity index (χ3n) is 5.43. The van der Waals surface area contributed by atoms with Gasteiger partial charge in [0.15, 0.2) is 17.1 Å². The fourth-order valence-corrected chi connectivity index (χ4v) is 4.12. The molecular weight excluding hydrogens is 420 g/mol. The summed E-state index contributed by atoms with van der Waals surface area (Å²) in [7, 11) is 1.75. The van der Waals surface area contributed by atoms with E-state index in [2.05, 4.69) is 10.1 Å². The maximum absolute atomic E-state index is 13.5. The zero-order chi connectivity index (χ0) is 21.3. The molecule has 2 aromatic carbocycles. The molecule has 2 amide bonds. The highest BCUT2D eigenvalue weighted by molar-refractivity contribution is 6.38. The van der Waals surface area contributed by atoms with Crippen molar-refractivity contribution in [2.75, 3.05) is 11.7 Å². The predicted octanol–water partition coefficient (Wildman–Crippen LogP) is 3.82. The highest BCUT2D eigenvalue weighted by Gasteiger charge is 2.40. The summed E-state index contributed by atoms with van der Waals surface area (Å²) in [6.45, 7) is 0.103. The van der Waals surface area contributed by atoms with E-state index in [0.717, 1.165) is 10.5 Å². The Balaban J connectivity index is 1.55. The highest BCUT2D eigenvalue weighted by atomic mass is 35.5. The number of halogens is 1. The second-order valence-electron chi connectivity index (χ2n) is 7.21. The number of benzene rings is 2. The fourth-order valence-electron chi connectivity index (χ4n) is 4.00. The van der Waals surface area contributed by atoms with Gasteiger partial charge in [0.2, 0.25) is 6.79 Å². The molecule has 8 nitrogen and oxygen atoms in total. The Morgan fingerprint density at radius 2 is 1.77 bits per heavy atom. The van der Waals surface area contributed by atoms with Crippen LogP contribution < -0.4 is 14.4 Å². The normalized spacial score (nSPS) is 14.6. The number of anilines is 1. The molecular formula is C22H13ClN4O4. The first-order valence-electron chi connectivity index (χ1n) is 9.43. The summed E-state index contributed by atoms with van der Waals surface area (Å²) < 4.78 is 12.3. The van der Waals surface area contributed by atoms with Crippen molar-refractivity contribution >= 4 is 40.1 Å². The van der Waals surface area contributed by atoms with Crippen molar-refractivity contribution in [2.45, 2.75) is 0 Å². The Kier molecular flexibility index (Phi) is 3.63. The number of imide groups is 1. The van der Waals surface area contributed by atoms with Crippen molar-refractivity contribution in [1.29, 1.82) is 0 Å². The number of aryl methyl sites for hydroxylation is 1. The molecule has 0 bridgehead atoms. The van der Waals surface area contributed by atoms with E-state index in [1.165, 1.54) is 6.20 Å². The number of amides is 2. The molecule has 0 unspecified atom stereocenters. The molecule has 0 aliphatic carbocycles. The third kappa shape index (κ3) is 2.48. The van der Waals surface area contributed by atoms with Crippen LogP contribution >= 0.6 is 11.6 Å². The highest BCUT2D eigenvalue weighted by Crippen LogP contribution is 2.40. The summed E-state index contributed by atoms with van der Waals surface area (Å²) in [5, 5.41) is 5.69. The molecule has 152 valence electrons. The van der Waals surface area contributed by atoms with Crippen LogP contribution in [0.1, 0.15) is 20.7 Å². The zero-order valence-electron chi connectivity index (χ0n) is 16.1. The van der Waals surface area contributed by atoms with Crippen molar-refractivity contribution in [3.8, 4) is 22.8 Å². The number of hydrogen-bond donors (Lipinski definition) is 0. The summed E-state index contributed by atoms with van der Waals surface area (Å²) in [4.78, 5) is 32.3. The number of aromatic nitrogens is 3. The Morgan fingerprint density at radius 3 is 2.58 bits per heavy atom. The lowest BCUT2D eigenvalue weighted by Crippen LogP contribution is -2.29. The summed E-state index contributed by atoms with van der Waals surface area (Å²) in [6, 6.07) is 12.1. The Bertz CT molecular complexity index is 1430. The van der Waals surface area contributed by atoms with E-state index < -0.39 is 11.8 Å². The van der Waals surface area contributed by atoms with Crippen LogP contribution in [0, 0.1) is 0 Å². The van der Waals surface area contributed by atoms with Gasteiger partial charge in [-0.15, -0.1) is 0 Å². The van der Waals surface area contributed by atoms with Crippen LogP contribution in [0.4, 0.5) is 5.69 Å². The number of nitrogens with zero attached hydrogens (tertiary/aromatic N) is 4. The van der Waals surface area contributed by atoms with Gasteiger partial charge < -0.3 is 9.47 Å². The zero-order valence-corrected chi connectivity index (χ0v) is 16.9. The molecule has 0 atom stereocenters. The maximum Gasteiger partial charge on any atom is 0.267 e. The molecule has 0 fully saturated rings. The van der Waals surface area contributed by atoms with Crippen molar-refractivity contribution in [3.63, 3.8) is 0 Å². The molecule has 31 heavy (non-hydrogen) atoms. The van der Waals surface area contributed by atoms with Crippen LogP contribution in [0.15, 0.2) is 48.7 Å². The first-order chi connectivity index (χ1) is 15.0. The molecule has 2 aliphatic heterocycles. The van der Waals surface area contributed by atoms with Crippen LogP contribution in [-0.4, -0.2) is 33.4 Å². The number of carbonyl (C=O) groups is 2. The van der Waals surface area contributed by atoms with Gasteiger partial charge in [0, 0.05) is 29.9 Å². The largest absolute Gasteiger partial charge is 0.454 e. The maximum atomic E-state index is 13.5. The van der Waals surface area contributed by atoms with Crippen molar-refractivity contribution < 1.29 is 19.1 Å². The van der Waals surface area contributed by atoms with Gasteiger partial charge in [-0.05, 0) is 24.3 Å². The Hall–Kier alpha value is -3.91. The Morgan fingerprint density at radius 1 is 1.00 bits per heavy atom. The second-order valence-corrected chi connectivity index (χ2v) is 7.64. The second kappa shape index (κ2) is 6.29. The van der Waals surface area contributed by atoms with Gasteiger partial charge in [0.05, 0.1) is 22.2 Å². The first-order valence-corrected chi connectivity index (χ1v) is 9.81. The molecule has 0 radical (unpaired) electrons. The molecule has 2 aliphatic rings. The van der Waals surface area contributed by atoms with Crippen LogP contribution in [0.5, 0.6) is 11.5 Å². The van der Waals surface area contributed by atoms with Crippen LogP contribution in [0.2, 0.25) is 5.02 Å². The standard InChI is InChI=1S/C22H13ClN4O4/c1-26-20-18(19(25-26)11-2-4-12(23)5-3-11)17-14(9-24-20)21(28)27(22(17)29)13-6-7-15-16(8-13)31-10-30-15/h2-9H,10H2,1H3. The SMILES string of the molecule is Cn1nc(-c2ccc(Cl)cc2)c2c3c(cnc21)C(=O)N(c1ccc2c(c1)OCO2)C3=O. The van der Waals surface area contributed by atoms with Crippen LogP contribution in [-0.2, 0) is 7.05 Å². The minimum Gasteiger partial charge on any atom is -0.454 e. The monoisotopic (exact) mass is 432 g/mol. The summed E-state index contributed by atoms with van der Waals surface area (Å²) in [5.74, 6) is 0.177. The molecule has 4 heterocycles. The van der Waals surface area contributed by atoms with Gasteiger partial charge >= 0.3 is 0 Å². The van der Waals surface area contributed by atoms with E-state index in [0.29, 0.717) is 38.9 Å². The lowest BCUT2D eigenvalue weighted by atomic mass is 10.0. The molecule has 0 saturated carbocycles. The lowest BCUT2D eigenvalue weighted by Gasteiger charge is -2.14. The number of carbonyl (C=O) groups excluding carboxylic acids is 2. The quantitative estimate of drug-likeness (QED) is 0.447. The molecule has 9 heteroatoms. The van der Waals surface area contributed by atoms with E-state index in [1.807, 2.05) is 12.1 Å². The number of hydrogen-bond acceptors (Lipinski definition) is 6. The molecule has 2 aromatic heterocycles. The van der Waals surface area contributed by atoms with E-state index in [1.54, 1.807) is 42.1 Å². The first kappa shape index (κ1) is 17.9. The van der Waals surface area contributed by atoms with Gasteiger partial charge in [-0.3, -0.25) is 9.59 Å². The summed E-state index contributed by atoms with van der Waals surface area (Å²) in [5.41, 5.74) is 2.76. The average Bonchev–Trinajstić information content (AvgIpc) is 3.44. The molecule has 4 aromatic rings. The van der Waals surface area contributed by atoms with Crippen molar-refractivity contribution in [3.05, 3.63) is 64.8 Å². The number of pyridine rings is 1. The van der Waals surface area contributed by atoms with Gasteiger partial charge in [-0.1, -0.05) is 23.7 Å². The molecule has 0 spiro atoms. The molecule has 6 rings (SSSR count). The topological polar surface area (TPSA) is 86.6 Å². The lowest BCUT2D eigenvalue weighted by molar-refractivity contribution is 0.0926. The minimum atomic E-state index is -0.445. The van der Waals surface area contributed by atoms with E-state index in [9.17, 15) is 9.59 Å². The van der Waals surface area contributed by atoms with E-state index >= 15 is 0 Å². The molecule has 0 N–H and O–H groups in total. The van der Waals surface area contributed by atoms with E-state index in [-0.39, 0.29) is 17.9 Å². The predicted molar refractivity (Wildman–Crippen MR) is 113 cm³/mol. The van der Waals surface area contributed by atoms with Gasteiger partial charge in [-0.25, -0.2) is 14.6 Å². The summed E-state index contributed by atoms with van der Waals surface area (Å²) >= 11 is 6.02. The van der Waals surface area contributed by atoms with Gasteiger partial charge in [-0.2, -0.15) is 5.10 Å². The van der Waals surface area contributed by atoms with E-state index in [4.69, 9.17) is 21.1 Å². The summed E-state index contributed by atoms with van der Waals surface area (Å²) in [6.07, 6.45) is 1.43. The fraction of sp³-hybridized carbons (Fsp3) is 0.0909. The van der Waals surface area contributed by atoms with Gasteiger partial charge in [0.1, 0.15) is 5.69 Å². The number of ether oxygens (including phenoxy) is 2. The third-order valence-corrected chi connectivity index (χ3v) is 5.69. The number of rotatable bonds is 2. The van der Waals surface area contributed by atoms with Gasteiger partial charge in [0.25, 0.3) is 11.8 Å². The van der Waals surface area contributed by atoms with Crippen LogP contribution in [0.25, 0.3) is 22.3 Å². The smallest absolute Gasteiger partial charge is 0.267 e. The van der Waals surface area contributed by atoms with Crippen LogP contribution in [0.3, 0.4) is 0 Å². The average molecular weight is 433 g/mol. The molecule has 0 saturated heterocycles.